The first kappa shape index (κ1) is 14.0. The van der Waals surface area contributed by atoms with Crippen molar-refractivity contribution in [3.8, 4) is 0 Å². The monoisotopic (exact) mass is 241 g/mol. The Morgan fingerprint density at radius 3 is 2.21 bits per heavy atom. The maximum absolute atomic E-state index is 12.3. The minimum atomic E-state index is -1.45. The highest BCUT2D eigenvalue weighted by molar-refractivity contribution is 7.99. The summed E-state index contributed by atoms with van der Waals surface area (Å²) in [6, 6.07) is 0. The van der Waals surface area contributed by atoms with Crippen molar-refractivity contribution >= 4 is 29.7 Å². The summed E-state index contributed by atoms with van der Waals surface area (Å²) in [5.74, 6) is 0. The zero-order valence-electron chi connectivity index (χ0n) is 9.23. The highest BCUT2D eigenvalue weighted by Gasteiger charge is 2.40. The van der Waals surface area contributed by atoms with Gasteiger partial charge in [0.15, 0.2) is 0 Å². The molecule has 0 saturated heterocycles. The smallest absolute Gasteiger partial charge is 0.261 e. The van der Waals surface area contributed by atoms with E-state index in [1.165, 1.54) is 7.05 Å². The Morgan fingerprint density at radius 1 is 1.50 bits per heavy atom. The second-order valence-electron chi connectivity index (χ2n) is 3.90. The molecule has 0 aliphatic carbocycles. The second kappa shape index (κ2) is 4.71. The fourth-order valence-corrected chi connectivity index (χ4v) is 2.09. The predicted octanol–water partition coefficient (Wildman–Crippen LogP) is 3.84. The van der Waals surface area contributed by atoms with E-state index >= 15 is 0 Å². The fourth-order valence-electron chi connectivity index (χ4n) is 0.899. The molecule has 0 aliphatic heterocycles. The van der Waals surface area contributed by atoms with E-state index in [1.54, 1.807) is 0 Å². The normalized spacial score (nSPS) is 16.2. The third-order valence-corrected chi connectivity index (χ3v) is 4.71. The van der Waals surface area contributed by atoms with Crippen LogP contribution in [-0.4, -0.2) is 27.1 Å². The number of nitrogens with zero attached hydrogens (tertiary/aromatic N) is 1. The van der Waals surface area contributed by atoms with E-state index in [9.17, 15) is 9.18 Å². The Hall–Kier alpha value is 0.0400. The molecular formula is C9H17ClFNOS. The number of halogens is 2. The molecule has 1 amide bonds. The first-order valence-corrected chi connectivity index (χ1v) is 5.60. The van der Waals surface area contributed by atoms with Gasteiger partial charge in [-0.3, -0.25) is 4.31 Å². The molecule has 0 saturated carbocycles. The van der Waals surface area contributed by atoms with E-state index in [0.29, 0.717) is 0 Å². The van der Waals surface area contributed by atoms with Gasteiger partial charge in [0.1, 0.15) is 0 Å². The summed E-state index contributed by atoms with van der Waals surface area (Å²) in [6.45, 7) is 7.64. The molecule has 0 rings (SSSR count). The van der Waals surface area contributed by atoms with Crippen LogP contribution in [0.2, 0.25) is 0 Å². The quantitative estimate of drug-likeness (QED) is 0.323. The van der Waals surface area contributed by atoms with Gasteiger partial charge in [-0.1, -0.05) is 6.92 Å². The lowest BCUT2D eigenvalue weighted by Crippen LogP contribution is -2.42. The van der Waals surface area contributed by atoms with Crippen LogP contribution in [0.4, 0.5) is 9.18 Å². The van der Waals surface area contributed by atoms with E-state index in [2.05, 4.69) is 0 Å². The molecule has 1 atom stereocenters. The molecule has 0 aliphatic rings. The van der Waals surface area contributed by atoms with Crippen molar-refractivity contribution < 1.29 is 9.18 Å². The standard InChI is InChI=1S/C9H17ClFNOS/c1-6-9(4,10)8(2,3)14-12(5)7(11)13/h6H2,1-5H3. The number of amides is 1. The summed E-state index contributed by atoms with van der Waals surface area (Å²) in [4.78, 5) is 9.96. The molecule has 0 N–H and O–H groups in total. The largest absolute Gasteiger partial charge is 0.409 e. The summed E-state index contributed by atoms with van der Waals surface area (Å²) in [5, 5.41) is 0. The third kappa shape index (κ3) is 3.31. The Balaban J connectivity index is 4.56. The molecule has 0 aromatic heterocycles. The highest BCUT2D eigenvalue weighted by atomic mass is 35.5. The van der Waals surface area contributed by atoms with Crippen LogP contribution in [0.1, 0.15) is 34.1 Å². The van der Waals surface area contributed by atoms with Crippen molar-refractivity contribution in [1.29, 1.82) is 0 Å². The Morgan fingerprint density at radius 2 is 1.93 bits per heavy atom. The molecule has 0 aromatic carbocycles. The van der Waals surface area contributed by atoms with Crippen LogP contribution in [-0.2, 0) is 0 Å². The van der Waals surface area contributed by atoms with Crippen LogP contribution >= 0.6 is 23.5 Å². The van der Waals surface area contributed by atoms with Gasteiger partial charge in [-0.05, 0) is 39.1 Å². The number of hydrogen-bond acceptors (Lipinski definition) is 2. The van der Waals surface area contributed by atoms with Gasteiger partial charge in [0.25, 0.3) is 0 Å². The van der Waals surface area contributed by atoms with Crippen LogP contribution in [0.25, 0.3) is 0 Å². The lowest BCUT2D eigenvalue weighted by Gasteiger charge is -2.39. The molecule has 2 nitrogen and oxygen atoms in total. The zero-order chi connectivity index (χ0) is 11.6. The van der Waals surface area contributed by atoms with Gasteiger partial charge in [-0.25, -0.2) is 4.79 Å². The summed E-state index contributed by atoms with van der Waals surface area (Å²) >= 11 is 7.40. The van der Waals surface area contributed by atoms with Gasteiger partial charge in [0, 0.05) is 11.8 Å². The van der Waals surface area contributed by atoms with Gasteiger partial charge in [0.05, 0.1) is 4.87 Å². The van der Waals surface area contributed by atoms with E-state index < -0.39 is 15.8 Å². The van der Waals surface area contributed by atoms with Crippen molar-refractivity contribution in [2.75, 3.05) is 7.05 Å². The molecule has 5 heteroatoms. The van der Waals surface area contributed by atoms with Gasteiger partial charge in [-0.15, -0.1) is 16.0 Å². The van der Waals surface area contributed by atoms with Gasteiger partial charge < -0.3 is 0 Å². The first-order valence-electron chi connectivity index (χ1n) is 4.45. The molecule has 14 heavy (non-hydrogen) atoms. The van der Waals surface area contributed by atoms with Gasteiger partial charge in [0.2, 0.25) is 0 Å². The second-order valence-corrected chi connectivity index (χ2v) is 6.49. The topological polar surface area (TPSA) is 20.3 Å². The third-order valence-electron chi connectivity index (χ3n) is 2.53. The number of carbonyl (C=O) groups is 1. The molecule has 0 spiro atoms. The number of alkyl halides is 1. The van der Waals surface area contributed by atoms with Crippen molar-refractivity contribution in [2.45, 2.75) is 43.7 Å². The molecule has 84 valence electrons. The van der Waals surface area contributed by atoms with Crippen molar-refractivity contribution in [1.82, 2.24) is 4.31 Å². The molecular weight excluding hydrogens is 225 g/mol. The number of hydrogen-bond donors (Lipinski definition) is 0. The van der Waals surface area contributed by atoms with Crippen molar-refractivity contribution in [3.63, 3.8) is 0 Å². The Labute approximate surface area is 94.3 Å². The predicted molar refractivity (Wildman–Crippen MR) is 60.5 cm³/mol. The van der Waals surface area contributed by atoms with Crippen LogP contribution in [0.5, 0.6) is 0 Å². The van der Waals surface area contributed by atoms with Crippen LogP contribution in [0.3, 0.4) is 0 Å². The maximum Gasteiger partial charge on any atom is 0.409 e. The van der Waals surface area contributed by atoms with Gasteiger partial charge >= 0.3 is 6.16 Å². The van der Waals surface area contributed by atoms with E-state index in [0.717, 1.165) is 22.7 Å². The molecule has 0 heterocycles. The summed E-state index contributed by atoms with van der Waals surface area (Å²) in [7, 11) is 1.40. The maximum atomic E-state index is 12.3. The summed E-state index contributed by atoms with van der Waals surface area (Å²) < 4.78 is 12.9. The average molecular weight is 242 g/mol. The summed E-state index contributed by atoms with van der Waals surface area (Å²) in [6.07, 6.45) is -0.699. The van der Waals surface area contributed by atoms with E-state index in [-0.39, 0.29) is 0 Å². The Bertz CT molecular complexity index is 221. The number of carbonyl (C=O) groups excluding carboxylic acids is 1. The average Bonchev–Trinajstić information content (AvgIpc) is 2.03. The van der Waals surface area contributed by atoms with Crippen molar-refractivity contribution in [2.24, 2.45) is 0 Å². The molecule has 1 unspecified atom stereocenters. The van der Waals surface area contributed by atoms with Crippen LogP contribution in [0.15, 0.2) is 0 Å². The van der Waals surface area contributed by atoms with Crippen LogP contribution in [0, 0.1) is 0 Å². The lowest BCUT2D eigenvalue weighted by molar-refractivity contribution is 0.209. The lowest BCUT2D eigenvalue weighted by atomic mass is 9.93. The summed E-state index contributed by atoms with van der Waals surface area (Å²) in [5.41, 5.74) is 0. The number of rotatable bonds is 4. The SMILES string of the molecule is CCC(C)(Cl)C(C)(C)SN(C)C(=O)F. The molecule has 0 fully saturated rings. The minimum Gasteiger partial charge on any atom is -0.261 e. The van der Waals surface area contributed by atoms with E-state index in [1.807, 2.05) is 27.7 Å². The molecule has 0 radical (unpaired) electrons. The molecule has 0 aromatic rings. The zero-order valence-corrected chi connectivity index (χ0v) is 10.8. The minimum absolute atomic E-state index is 0.403. The molecule has 0 bridgehead atoms. The van der Waals surface area contributed by atoms with E-state index in [4.69, 9.17) is 11.6 Å². The Kier molecular flexibility index (Phi) is 4.72. The first-order chi connectivity index (χ1) is 6.14. The van der Waals surface area contributed by atoms with Gasteiger partial charge in [-0.2, -0.15) is 0 Å². The fraction of sp³-hybridized carbons (Fsp3) is 0.889. The highest BCUT2D eigenvalue weighted by Crippen LogP contribution is 2.43. The van der Waals surface area contributed by atoms with Crippen molar-refractivity contribution in [3.05, 3.63) is 0 Å². The van der Waals surface area contributed by atoms with Crippen LogP contribution < -0.4 is 0 Å².